The molecule has 0 aliphatic rings. The molecule has 0 aliphatic heterocycles. The molecule has 1 aromatic heterocycles. The maximum atomic E-state index is 12.7. The third-order valence-corrected chi connectivity index (χ3v) is 5.33. The molecular formula is C17H20N4O2S. The summed E-state index contributed by atoms with van der Waals surface area (Å²) in [5.41, 5.74) is 2.57. The van der Waals surface area contributed by atoms with Gasteiger partial charge in [-0.05, 0) is 37.6 Å². The van der Waals surface area contributed by atoms with Gasteiger partial charge in [-0.25, -0.2) is 13.1 Å². The zero-order chi connectivity index (χ0) is 17.2. The van der Waals surface area contributed by atoms with Crippen LogP contribution in [-0.4, -0.2) is 23.4 Å². The molecule has 24 heavy (non-hydrogen) atoms. The highest BCUT2D eigenvalue weighted by Crippen LogP contribution is 2.20. The fourth-order valence-electron chi connectivity index (χ4n) is 2.59. The number of hydrogen-bond donors (Lipinski definition) is 1. The summed E-state index contributed by atoms with van der Waals surface area (Å²) in [5, 5.41) is 8.26. The first-order valence-corrected chi connectivity index (χ1v) is 9.38. The Labute approximate surface area is 141 Å². The van der Waals surface area contributed by atoms with Crippen molar-refractivity contribution < 1.29 is 8.42 Å². The Morgan fingerprint density at radius 1 is 1.12 bits per heavy atom. The fourth-order valence-corrected chi connectivity index (χ4v) is 3.79. The number of rotatable bonds is 6. The van der Waals surface area contributed by atoms with Crippen molar-refractivity contribution in [3.05, 3.63) is 54.1 Å². The highest BCUT2D eigenvalue weighted by atomic mass is 32.2. The van der Waals surface area contributed by atoms with Crippen molar-refractivity contribution in [2.45, 2.75) is 37.8 Å². The minimum atomic E-state index is -3.63. The van der Waals surface area contributed by atoms with Gasteiger partial charge in [-0.3, -0.25) is 0 Å². The van der Waals surface area contributed by atoms with E-state index in [9.17, 15) is 8.42 Å². The zero-order valence-corrected chi connectivity index (χ0v) is 14.5. The van der Waals surface area contributed by atoms with Gasteiger partial charge in [0.15, 0.2) is 0 Å². The van der Waals surface area contributed by atoms with Crippen molar-refractivity contribution in [2.24, 2.45) is 0 Å². The van der Waals surface area contributed by atoms with Crippen LogP contribution in [0.4, 0.5) is 0 Å². The molecule has 1 atom stereocenters. The van der Waals surface area contributed by atoms with Crippen LogP contribution in [0.25, 0.3) is 11.0 Å². The van der Waals surface area contributed by atoms with Gasteiger partial charge in [-0.2, -0.15) is 4.72 Å². The van der Waals surface area contributed by atoms with Crippen molar-refractivity contribution in [2.75, 3.05) is 0 Å². The SMILES string of the molecule is CCCC(NS(=O)(=O)c1ccc(C)cc1)n1nnc2ccccc21. The quantitative estimate of drug-likeness (QED) is 0.746. The third-order valence-electron chi connectivity index (χ3n) is 3.86. The summed E-state index contributed by atoms with van der Waals surface area (Å²) in [4.78, 5) is 0.249. The van der Waals surface area contributed by atoms with Gasteiger partial charge >= 0.3 is 0 Å². The van der Waals surface area contributed by atoms with Gasteiger partial charge in [0.1, 0.15) is 11.7 Å². The number of aryl methyl sites for hydroxylation is 1. The number of benzene rings is 2. The van der Waals surface area contributed by atoms with Crippen molar-refractivity contribution in [1.82, 2.24) is 19.7 Å². The molecule has 0 saturated heterocycles. The Kier molecular flexibility index (Phi) is 4.64. The zero-order valence-electron chi connectivity index (χ0n) is 13.7. The Morgan fingerprint density at radius 2 is 1.83 bits per heavy atom. The molecule has 3 rings (SSSR count). The maximum absolute atomic E-state index is 12.7. The third kappa shape index (κ3) is 3.32. The standard InChI is InChI=1S/C17H20N4O2S/c1-3-6-17(21-16-8-5-4-7-15(16)18-20-21)19-24(22,23)14-11-9-13(2)10-12-14/h4-5,7-12,17,19H,3,6H2,1-2H3. The number of sulfonamides is 1. The van der Waals surface area contributed by atoms with Gasteiger partial charge in [0, 0.05) is 0 Å². The lowest BCUT2D eigenvalue weighted by molar-refractivity contribution is 0.396. The van der Waals surface area contributed by atoms with E-state index in [0.29, 0.717) is 6.42 Å². The molecule has 7 heteroatoms. The van der Waals surface area contributed by atoms with Gasteiger partial charge in [-0.1, -0.05) is 48.4 Å². The second-order valence-corrected chi connectivity index (χ2v) is 7.48. The van der Waals surface area contributed by atoms with Gasteiger partial charge in [0.25, 0.3) is 0 Å². The van der Waals surface area contributed by atoms with E-state index in [4.69, 9.17) is 0 Å². The van der Waals surface area contributed by atoms with Crippen LogP contribution in [0.3, 0.4) is 0 Å². The summed E-state index contributed by atoms with van der Waals surface area (Å²) in [7, 11) is -3.63. The van der Waals surface area contributed by atoms with E-state index in [1.807, 2.05) is 38.1 Å². The first-order valence-electron chi connectivity index (χ1n) is 7.90. The first kappa shape index (κ1) is 16.6. The van der Waals surface area contributed by atoms with Crippen LogP contribution < -0.4 is 4.72 Å². The summed E-state index contributed by atoms with van der Waals surface area (Å²) in [6.07, 6.45) is 0.960. The van der Waals surface area contributed by atoms with E-state index >= 15 is 0 Å². The van der Waals surface area contributed by atoms with Gasteiger partial charge in [0.05, 0.1) is 10.4 Å². The monoisotopic (exact) mass is 344 g/mol. The summed E-state index contributed by atoms with van der Waals surface area (Å²) in [5.74, 6) is 0. The molecule has 0 radical (unpaired) electrons. The summed E-state index contributed by atoms with van der Waals surface area (Å²) < 4.78 is 29.8. The predicted molar refractivity (Wildman–Crippen MR) is 93.0 cm³/mol. The number of fused-ring (bicyclic) bond motifs is 1. The van der Waals surface area contributed by atoms with Crippen LogP contribution in [0.15, 0.2) is 53.4 Å². The average molecular weight is 344 g/mol. The van der Waals surface area contributed by atoms with E-state index in [-0.39, 0.29) is 4.90 Å². The minimum Gasteiger partial charge on any atom is -0.226 e. The Bertz CT molecular complexity index is 933. The molecule has 1 heterocycles. The number of aromatic nitrogens is 3. The topological polar surface area (TPSA) is 76.9 Å². The van der Waals surface area contributed by atoms with E-state index in [0.717, 1.165) is 23.0 Å². The van der Waals surface area contributed by atoms with Crippen LogP contribution in [0, 0.1) is 6.92 Å². The van der Waals surface area contributed by atoms with Crippen molar-refractivity contribution in [3.8, 4) is 0 Å². The first-order chi connectivity index (χ1) is 11.5. The van der Waals surface area contributed by atoms with E-state index in [1.54, 1.807) is 28.9 Å². The van der Waals surface area contributed by atoms with Gasteiger partial charge in [-0.15, -0.1) is 5.10 Å². The second kappa shape index (κ2) is 6.70. The van der Waals surface area contributed by atoms with Crippen molar-refractivity contribution in [3.63, 3.8) is 0 Å². The Balaban J connectivity index is 1.95. The van der Waals surface area contributed by atoms with Gasteiger partial charge < -0.3 is 0 Å². The Morgan fingerprint density at radius 3 is 2.54 bits per heavy atom. The van der Waals surface area contributed by atoms with E-state index in [2.05, 4.69) is 15.0 Å². The molecule has 126 valence electrons. The normalized spacial score (nSPS) is 13.2. The highest BCUT2D eigenvalue weighted by molar-refractivity contribution is 7.89. The largest absolute Gasteiger partial charge is 0.242 e. The molecular weight excluding hydrogens is 324 g/mol. The molecule has 0 amide bonds. The number of para-hydroxylation sites is 1. The number of nitrogens with zero attached hydrogens (tertiary/aromatic N) is 3. The molecule has 0 aliphatic carbocycles. The smallest absolute Gasteiger partial charge is 0.226 e. The average Bonchev–Trinajstić information content (AvgIpc) is 2.99. The second-order valence-electron chi connectivity index (χ2n) is 5.76. The molecule has 1 N–H and O–H groups in total. The van der Waals surface area contributed by atoms with E-state index < -0.39 is 16.2 Å². The molecule has 0 saturated carbocycles. The number of nitrogens with one attached hydrogen (secondary N) is 1. The number of hydrogen-bond acceptors (Lipinski definition) is 4. The lowest BCUT2D eigenvalue weighted by Gasteiger charge is -2.19. The molecule has 6 nitrogen and oxygen atoms in total. The van der Waals surface area contributed by atoms with Crippen molar-refractivity contribution in [1.29, 1.82) is 0 Å². The van der Waals surface area contributed by atoms with E-state index in [1.165, 1.54) is 0 Å². The summed E-state index contributed by atoms with van der Waals surface area (Å²) >= 11 is 0. The molecule has 0 fully saturated rings. The summed E-state index contributed by atoms with van der Waals surface area (Å²) in [6, 6.07) is 14.3. The van der Waals surface area contributed by atoms with Crippen LogP contribution in [-0.2, 0) is 10.0 Å². The molecule has 3 aromatic rings. The van der Waals surface area contributed by atoms with Crippen LogP contribution in [0.1, 0.15) is 31.5 Å². The van der Waals surface area contributed by atoms with Crippen LogP contribution in [0.5, 0.6) is 0 Å². The minimum absolute atomic E-state index is 0.249. The lowest BCUT2D eigenvalue weighted by Crippen LogP contribution is -2.33. The van der Waals surface area contributed by atoms with Gasteiger partial charge in [0.2, 0.25) is 10.0 Å². The predicted octanol–water partition coefficient (Wildman–Crippen LogP) is 3.02. The molecule has 0 bridgehead atoms. The van der Waals surface area contributed by atoms with Crippen LogP contribution in [0.2, 0.25) is 0 Å². The fraction of sp³-hybridized carbons (Fsp3) is 0.294. The molecule has 1 unspecified atom stereocenters. The molecule has 2 aromatic carbocycles. The maximum Gasteiger partial charge on any atom is 0.242 e. The summed E-state index contributed by atoms with van der Waals surface area (Å²) in [6.45, 7) is 3.93. The Hall–Kier alpha value is -2.25. The van der Waals surface area contributed by atoms with Crippen LogP contribution >= 0.6 is 0 Å². The molecule has 0 spiro atoms. The highest BCUT2D eigenvalue weighted by Gasteiger charge is 2.22. The van der Waals surface area contributed by atoms with Crippen molar-refractivity contribution >= 4 is 21.1 Å². The lowest BCUT2D eigenvalue weighted by atomic mass is 10.2.